The van der Waals surface area contributed by atoms with Gasteiger partial charge in [-0.15, -0.1) is 0 Å². The van der Waals surface area contributed by atoms with E-state index in [0.717, 1.165) is 37.4 Å². The van der Waals surface area contributed by atoms with E-state index in [1.54, 1.807) is 14.0 Å². The summed E-state index contributed by atoms with van der Waals surface area (Å²) in [5, 5.41) is 3.75. The predicted molar refractivity (Wildman–Crippen MR) is 94.3 cm³/mol. The maximum atomic E-state index is 12.3. The molecular formula is C17H26ClN3O2. The summed E-state index contributed by atoms with van der Waals surface area (Å²) in [6.45, 7) is 5.39. The van der Waals surface area contributed by atoms with Crippen molar-refractivity contribution in [3.63, 3.8) is 0 Å². The van der Waals surface area contributed by atoms with Crippen LogP contribution in [0.2, 0.25) is 5.02 Å². The third-order valence-corrected chi connectivity index (χ3v) is 4.53. The number of ether oxygens (including phenoxy) is 1. The molecule has 1 heterocycles. The normalized spacial score (nSPS) is 20.2. The van der Waals surface area contributed by atoms with E-state index >= 15 is 0 Å². The minimum absolute atomic E-state index is 0.0794. The fourth-order valence-corrected chi connectivity index (χ4v) is 3.16. The Bertz CT molecular complexity index is 563. The van der Waals surface area contributed by atoms with Crippen LogP contribution in [-0.4, -0.2) is 37.7 Å². The number of amides is 1. The number of hydrogen-bond donors (Lipinski definition) is 2. The molecule has 0 aromatic heterocycles. The first-order chi connectivity index (χ1) is 10.9. The van der Waals surface area contributed by atoms with E-state index in [-0.39, 0.29) is 11.9 Å². The molecule has 5 nitrogen and oxygen atoms in total. The Morgan fingerprint density at radius 1 is 1.57 bits per heavy atom. The van der Waals surface area contributed by atoms with Crippen LogP contribution in [-0.2, 0) is 4.79 Å². The lowest BCUT2D eigenvalue weighted by molar-refractivity contribution is -0.126. The van der Waals surface area contributed by atoms with E-state index in [1.165, 1.54) is 0 Å². The molecule has 0 spiro atoms. The lowest BCUT2D eigenvalue weighted by atomic mass is 9.96. The molecule has 1 aromatic carbocycles. The number of halogens is 1. The number of nitrogens with one attached hydrogen (secondary N) is 1. The summed E-state index contributed by atoms with van der Waals surface area (Å²) < 4.78 is 5.41. The van der Waals surface area contributed by atoms with Crippen molar-refractivity contribution in [3.05, 3.63) is 23.2 Å². The Kier molecular flexibility index (Phi) is 5.76. The van der Waals surface area contributed by atoms with Crippen LogP contribution < -0.4 is 20.7 Å². The summed E-state index contributed by atoms with van der Waals surface area (Å²) in [6, 6.07) is 5.66. The van der Waals surface area contributed by atoms with Crippen molar-refractivity contribution in [2.24, 2.45) is 5.73 Å². The third-order valence-electron chi connectivity index (χ3n) is 4.29. The minimum atomic E-state index is -0.810. The first-order valence-corrected chi connectivity index (χ1v) is 8.43. The van der Waals surface area contributed by atoms with Crippen LogP contribution in [0.1, 0.15) is 33.1 Å². The molecule has 1 aromatic rings. The van der Waals surface area contributed by atoms with Gasteiger partial charge < -0.3 is 20.7 Å². The van der Waals surface area contributed by atoms with Crippen LogP contribution in [0, 0.1) is 0 Å². The van der Waals surface area contributed by atoms with Gasteiger partial charge in [0.2, 0.25) is 5.91 Å². The lowest BCUT2D eigenvalue weighted by Gasteiger charge is -2.26. The summed E-state index contributed by atoms with van der Waals surface area (Å²) in [7, 11) is 1.65. The van der Waals surface area contributed by atoms with Gasteiger partial charge in [0.15, 0.2) is 0 Å². The summed E-state index contributed by atoms with van der Waals surface area (Å²) in [5.74, 6) is 0.709. The van der Waals surface area contributed by atoms with Crippen molar-refractivity contribution < 1.29 is 9.53 Å². The van der Waals surface area contributed by atoms with Crippen LogP contribution in [0.25, 0.3) is 0 Å². The molecule has 1 amide bonds. The van der Waals surface area contributed by atoms with Crippen LogP contribution >= 0.6 is 11.6 Å². The Morgan fingerprint density at radius 3 is 2.96 bits per heavy atom. The Balaban J connectivity index is 2.02. The zero-order chi connectivity index (χ0) is 17.0. The molecular weight excluding hydrogens is 314 g/mol. The molecule has 1 saturated heterocycles. The van der Waals surface area contributed by atoms with Crippen LogP contribution in [0.15, 0.2) is 18.2 Å². The van der Waals surface area contributed by atoms with Crippen molar-refractivity contribution in [3.8, 4) is 5.75 Å². The van der Waals surface area contributed by atoms with E-state index in [0.29, 0.717) is 11.4 Å². The van der Waals surface area contributed by atoms with E-state index < -0.39 is 5.54 Å². The molecule has 0 saturated carbocycles. The summed E-state index contributed by atoms with van der Waals surface area (Å²) >= 11 is 6.10. The number of anilines is 1. The standard InChI is InChI=1S/C17H26ClN3O2/c1-4-8-17(2,19)16(22)20-13-7-9-21(11-13)14-10-12(18)5-6-15(14)23-3/h5-6,10,13H,4,7-9,11,19H2,1-3H3,(H,20,22). The number of hydrogen-bond acceptors (Lipinski definition) is 4. The fraction of sp³-hybridized carbons (Fsp3) is 0.588. The summed E-state index contributed by atoms with van der Waals surface area (Å²) in [4.78, 5) is 14.5. The summed E-state index contributed by atoms with van der Waals surface area (Å²) in [5.41, 5.74) is 6.25. The Labute approximate surface area is 143 Å². The van der Waals surface area contributed by atoms with Gasteiger partial charge in [0.05, 0.1) is 18.3 Å². The number of benzene rings is 1. The molecule has 1 fully saturated rings. The van der Waals surface area contributed by atoms with Gasteiger partial charge in [-0.3, -0.25) is 4.79 Å². The van der Waals surface area contributed by atoms with Gasteiger partial charge in [0.25, 0.3) is 0 Å². The highest BCUT2D eigenvalue weighted by molar-refractivity contribution is 6.30. The van der Waals surface area contributed by atoms with Crippen LogP contribution in [0.3, 0.4) is 0 Å². The summed E-state index contributed by atoms with van der Waals surface area (Å²) in [6.07, 6.45) is 2.44. The second-order valence-electron chi connectivity index (χ2n) is 6.39. The highest BCUT2D eigenvalue weighted by Crippen LogP contribution is 2.33. The average molecular weight is 340 g/mol. The van der Waals surface area contributed by atoms with Gasteiger partial charge in [0.1, 0.15) is 5.75 Å². The van der Waals surface area contributed by atoms with E-state index in [4.69, 9.17) is 22.1 Å². The monoisotopic (exact) mass is 339 g/mol. The molecule has 0 bridgehead atoms. The fourth-order valence-electron chi connectivity index (χ4n) is 2.99. The number of carbonyl (C=O) groups excluding carboxylic acids is 1. The Hall–Kier alpha value is -1.46. The zero-order valence-corrected chi connectivity index (χ0v) is 14.8. The van der Waals surface area contributed by atoms with E-state index in [1.807, 2.05) is 25.1 Å². The van der Waals surface area contributed by atoms with Crippen molar-refractivity contribution in [1.82, 2.24) is 5.32 Å². The number of nitrogens with zero attached hydrogens (tertiary/aromatic N) is 1. The quantitative estimate of drug-likeness (QED) is 0.835. The minimum Gasteiger partial charge on any atom is -0.495 e. The third kappa shape index (κ3) is 4.30. The van der Waals surface area contributed by atoms with E-state index in [2.05, 4.69) is 10.2 Å². The largest absolute Gasteiger partial charge is 0.495 e. The number of rotatable bonds is 6. The Morgan fingerprint density at radius 2 is 2.30 bits per heavy atom. The number of methoxy groups -OCH3 is 1. The second-order valence-corrected chi connectivity index (χ2v) is 6.83. The van der Waals surface area contributed by atoms with Gasteiger partial charge in [-0.25, -0.2) is 0 Å². The molecule has 1 aliphatic heterocycles. The predicted octanol–water partition coefficient (Wildman–Crippen LogP) is 2.56. The van der Waals surface area contributed by atoms with Gasteiger partial charge in [-0.05, 0) is 38.0 Å². The van der Waals surface area contributed by atoms with Gasteiger partial charge >= 0.3 is 0 Å². The molecule has 2 atom stereocenters. The maximum absolute atomic E-state index is 12.3. The number of carbonyl (C=O) groups is 1. The molecule has 2 rings (SSSR count). The van der Waals surface area contributed by atoms with Crippen molar-refractivity contribution >= 4 is 23.2 Å². The smallest absolute Gasteiger partial charge is 0.240 e. The average Bonchev–Trinajstić information content (AvgIpc) is 2.95. The molecule has 0 radical (unpaired) electrons. The first-order valence-electron chi connectivity index (χ1n) is 8.05. The van der Waals surface area contributed by atoms with E-state index in [9.17, 15) is 4.79 Å². The molecule has 1 aliphatic rings. The van der Waals surface area contributed by atoms with Crippen LogP contribution in [0.5, 0.6) is 5.75 Å². The van der Waals surface area contributed by atoms with Crippen molar-refractivity contribution in [1.29, 1.82) is 0 Å². The zero-order valence-electron chi connectivity index (χ0n) is 14.1. The van der Waals surface area contributed by atoms with Gasteiger partial charge in [-0.1, -0.05) is 24.9 Å². The SMILES string of the molecule is CCCC(C)(N)C(=O)NC1CCN(c2cc(Cl)ccc2OC)C1. The lowest BCUT2D eigenvalue weighted by Crippen LogP contribution is -2.54. The molecule has 128 valence electrons. The van der Waals surface area contributed by atoms with Gasteiger partial charge in [-0.2, -0.15) is 0 Å². The highest BCUT2D eigenvalue weighted by Gasteiger charge is 2.32. The molecule has 23 heavy (non-hydrogen) atoms. The second kappa shape index (κ2) is 7.41. The topological polar surface area (TPSA) is 67.6 Å². The van der Waals surface area contributed by atoms with Gasteiger partial charge in [0, 0.05) is 24.2 Å². The first kappa shape index (κ1) is 17.9. The molecule has 0 aliphatic carbocycles. The molecule has 2 unspecified atom stereocenters. The number of nitrogens with two attached hydrogens (primary N) is 1. The van der Waals surface area contributed by atoms with Crippen molar-refractivity contribution in [2.75, 3.05) is 25.1 Å². The van der Waals surface area contributed by atoms with Crippen molar-refractivity contribution in [2.45, 2.75) is 44.7 Å². The molecule has 3 N–H and O–H groups in total. The maximum Gasteiger partial charge on any atom is 0.240 e. The molecule has 6 heteroatoms. The highest BCUT2D eigenvalue weighted by atomic mass is 35.5. The van der Waals surface area contributed by atoms with Crippen LogP contribution in [0.4, 0.5) is 5.69 Å².